The van der Waals surface area contributed by atoms with Gasteiger partial charge in [0.2, 0.25) is 5.88 Å². The lowest BCUT2D eigenvalue weighted by molar-refractivity contribution is 0.0942. The molecule has 2 aliphatic rings. The Kier molecular flexibility index (Phi) is 8.53. The maximum absolute atomic E-state index is 13.1. The Morgan fingerprint density at radius 2 is 1.85 bits per heavy atom. The summed E-state index contributed by atoms with van der Waals surface area (Å²) < 4.78 is 6.00. The van der Waals surface area contributed by atoms with Crippen molar-refractivity contribution in [2.75, 3.05) is 59.5 Å². The molecule has 0 bridgehead atoms. The summed E-state index contributed by atoms with van der Waals surface area (Å²) in [6.07, 6.45) is 5.57. The number of fused-ring (bicyclic) bond motifs is 1. The van der Waals surface area contributed by atoms with E-state index < -0.39 is 0 Å². The zero-order valence-corrected chi connectivity index (χ0v) is 20.0. The van der Waals surface area contributed by atoms with Gasteiger partial charge in [-0.15, -0.1) is 0 Å². The highest BCUT2D eigenvalue weighted by atomic mass is 16.5. The fourth-order valence-electron chi connectivity index (χ4n) is 4.95. The predicted octanol–water partition coefficient (Wildman–Crippen LogP) is 2.75. The van der Waals surface area contributed by atoms with E-state index in [4.69, 9.17) is 10.5 Å². The van der Waals surface area contributed by atoms with Crippen LogP contribution in [0.15, 0.2) is 30.3 Å². The van der Waals surface area contributed by atoms with Gasteiger partial charge in [-0.25, -0.2) is 4.98 Å². The Balaban J connectivity index is 1.33. The van der Waals surface area contributed by atoms with E-state index >= 15 is 0 Å². The summed E-state index contributed by atoms with van der Waals surface area (Å²) in [6, 6.07) is 9.60. The summed E-state index contributed by atoms with van der Waals surface area (Å²) in [4.78, 5) is 22.6. The fourth-order valence-corrected chi connectivity index (χ4v) is 4.95. The van der Waals surface area contributed by atoms with Crippen LogP contribution >= 0.6 is 0 Å². The normalized spacial score (nSPS) is 22.4. The number of likely N-dealkylation sites (N-methyl/N-ethyl adjacent to an activating group) is 1. The van der Waals surface area contributed by atoms with Crippen molar-refractivity contribution in [1.29, 1.82) is 0 Å². The first-order valence-electron chi connectivity index (χ1n) is 12.5. The third kappa shape index (κ3) is 6.65. The molecule has 2 heterocycles. The van der Waals surface area contributed by atoms with E-state index in [0.29, 0.717) is 36.4 Å². The molecule has 1 aliphatic heterocycles. The number of piperazine rings is 1. The summed E-state index contributed by atoms with van der Waals surface area (Å²) in [6.45, 7) is 7.60. The lowest BCUT2D eigenvalue weighted by Crippen LogP contribution is -2.44. The molecule has 1 saturated carbocycles. The van der Waals surface area contributed by atoms with E-state index in [9.17, 15) is 4.79 Å². The van der Waals surface area contributed by atoms with Gasteiger partial charge in [0.25, 0.3) is 5.91 Å². The van der Waals surface area contributed by atoms with Gasteiger partial charge in [0.1, 0.15) is 0 Å². The number of rotatable bonds is 9. The van der Waals surface area contributed by atoms with Gasteiger partial charge in [-0.1, -0.05) is 18.2 Å². The molecule has 0 unspecified atom stereocenters. The zero-order chi connectivity index (χ0) is 23.0. The van der Waals surface area contributed by atoms with Gasteiger partial charge < -0.3 is 25.6 Å². The minimum atomic E-state index is -0.0446. The van der Waals surface area contributed by atoms with Gasteiger partial charge in [0.05, 0.1) is 17.7 Å². The lowest BCUT2D eigenvalue weighted by Gasteiger charge is -2.32. The maximum atomic E-state index is 13.1. The number of carbonyl (C=O) groups excluding carboxylic acids is 1. The van der Waals surface area contributed by atoms with Crippen LogP contribution in [-0.4, -0.2) is 80.2 Å². The van der Waals surface area contributed by atoms with Crippen LogP contribution in [-0.2, 0) is 0 Å². The largest absolute Gasteiger partial charge is 0.478 e. The molecule has 2 aromatic rings. The molecule has 4 rings (SSSR count). The first kappa shape index (κ1) is 23.9. The van der Waals surface area contributed by atoms with Crippen LogP contribution in [0, 0.1) is 11.8 Å². The smallest absolute Gasteiger partial charge is 0.252 e. The Morgan fingerprint density at radius 1 is 1.12 bits per heavy atom. The van der Waals surface area contributed by atoms with E-state index in [0.717, 1.165) is 69.4 Å². The number of nitrogens with two attached hydrogens (primary N) is 1. The van der Waals surface area contributed by atoms with Gasteiger partial charge in [-0.3, -0.25) is 4.79 Å². The van der Waals surface area contributed by atoms with Gasteiger partial charge >= 0.3 is 0 Å². The summed E-state index contributed by atoms with van der Waals surface area (Å²) in [7, 11) is 2.17. The van der Waals surface area contributed by atoms with Crippen molar-refractivity contribution in [2.24, 2.45) is 17.6 Å². The van der Waals surface area contributed by atoms with Crippen LogP contribution in [0.2, 0.25) is 0 Å². The van der Waals surface area contributed by atoms with Crippen molar-refractivity contribution in [3.05, 3.63) is 35.9 Å². The van der Waals surface area contributed by atoms with Crippen molar-refractivity contribution in [3.63, 3.8) is 0 Å². The summed E-state index contributed by atoms with van der Waals surface area (Å²) in [5, 5.41) is 4.04. The van der Waals surface area contributed by atoms with Crippen molar-refractivity contribution in [3.8, 4) is 5.88 Å². The highest BCUT2D eigenvalue weighted by molar-refractivity contribution is 6.06. The number of hydrogen-bond acceptors (Lipinski definition) is 6. The molecule has 7 nitrogen and oxygen atoms in total. The van der Waals surface area contributed by atoms with Crippen LogP contribution in [0.1, 0.15) is 42.5 Å². The molecule has 1 saturated heterocycles. The number of hydrogen-bond donors (Lipinski definition) is 2. The molecule has 0 atom stereocenters. The van der Waals surface area contributed by atoms with E-state index in [1.54, 1.807) is 6.07 Å². The average Bonchev–Trinajstić information content (AvgIpc) is 2.86. The lowest BCUT2D eigenvalue weighted by atomic mass is 9.82. The maximum Gasteiger partial charge on any atom is 0.252 e. The Labute approximate surface area is 197 Å². The summed E-state index contributed by atoms with van der Waals surface area (Å²) >= 11 is 0. The topological polar surface area (TPSA) is 83.7 Å². The minimum Gasteiger partial charge on any atom is -0.478 e. The number of nitrogens with one attached hydrogen (secondary N) is 1. The van der Waals surface area contributed by atoms with Crippen LogP contribution in [0.25, 0.3) is 10.9 Å². The summed E-state index contributed by atoms with van der Waals surface area (Å²) in [5.41, 5.74) is 7.25. The van der Waals surface area contributed by atoms with Crippen LogP contribution < -0.4 is 15.8 Å². The van der Waals surface area contributed by atoms with Gasteiger partial charge in [-0.2, -0.15) is 0 Å². The number of amides is 1. The highest BCUT2D eigenvalue weighted by Crippen LogP contribution is 2.28. The Bertz CT molecular complexity index is 905. The second-order valence-corrected chi connectivity index (χ2v) is 9.70. The number of aromatic nitrogens is 1. The van der Waals surface area contributed by atoms with E-state index in [1.807, 2.05) is 24.3 Å². The molecule has 180 valence electrons. The van der Waals surface area contributed by atoms with Crippen molar-refractivity contribution in [2.45, 2.75) is 32.1 Å². The Hall–Kier alpha value is -2.22. The molecule has 0 radical (unpaired) electrons. The number of carbonyl (C=O) groups is 1. The standard InChI is InChI=1S/C26H39N5O2/c1-30-12-14-31(15-13-30)11-4-16-33-25-17-23(22-5-2-3-6-24(22)29-25)26(32)28-19-21-9-7-20(18-27)8-10-21/h2-3,5-6,17,20-21H,4,7-16,18-19,27H2,1H3,(H,28,32). The minimum absolute atomic E-state index is 0.0446. The number of pyridine rings is 1. The molecule has 7 heteroatoms. The number of ether oxygens (including phenoxy) is 1. The predicted molar refractivity (Wildman–Crippen MR) is 133 cm³/mol. The summed E-state index contributed by atoms with van der Waals surface area (Å²) in [5.74, 6) is 1.67. The molecule has 1 aromatic carbocycles. The second kappa shape index (κ2) is 11.8. The molecular formula is C26H39N5O2. The van der Waals surface area contributed by atoms with Crippen molar-refractivity contribution < 1.29 is 9.53 Å². The fraction of sp³-hybridized carbons (Fsp3) is 0.615. The molecular weight excluding hydrogens is 414 g/mol. The second-order valence-electron chi connectivity index (χ2n) is 9.70. The van der Waals surface area contributed by atoms with E-state index in [-0.39, 0.29) is 5.91 Å². The number of benzene rings is 1. The molecule has 1 aromatic heterocycles. The SMILES string of the molecule is CN1CCN(CCCOc2cc(C(=O)NCC3CCC(CN)CC3)c3ccccc3n2)CC1. The zero-order valence-electron chi connectivity index (χ0n) is 20.0. The third-order valence-corrected chi connectivity index (χ3v) is 7.25. The number of para-hydroxylation sites is 1. The first-order chi connectivity index (χ1) is 16.1. The van der Waals surface area contributed by atoms with Crippen LogP contribution in [0.5, 0.6) is 5.88 Å². The number of nitrogens with zero attached hydrogens (tertiary/aromatic N) is 3. The van der Waals surface area contributed by atoms with Crippen molar-refractivity contribution >= 4 is 16.8 Å². The molecule has 33 heavy (non-hydrogen) atoms. The first-order valence-corrected chi connectivity index (χ1v) is 12.5. The van der Waals surface area contributed by atoms with E-state index in [1.165, 1.54) is 12.8 Å². The van der Waals surface area contributed by atoms with Gasteiger partial charge in [0, 0.05) is 50.7 Å². The van der Waals surface area contributed by atoms with E-state index in [2.05, 4.69) is 27.1 Å². The highest BCUT2D eigenvalue weighted by Gasteiger charge is 2.21. The average molecular weight is 454 g/mol. The van der Waals surface area contributed by atoms with Gasteiger partial charge in [0.15, 0.2) is 0 Å². The van der Waals surface area contributed by atoms with Crippen LogP contribution in [0.4, 0.5) is 0 Å². The molecule has 1 aliphatic carbocycles. The molecule has 2 fully saturated rings. The monoisotopic (exact) mass is 453 g/mol. The van der Waals surface area contributed by atoms with Crippen LogP contribution in [0.3, 0.4) is 0 Å². The molecule has 1 amide bonds. The third-order valence-electron chi connectivity index (χ3n) is 7.25. The van der Waals surface area contributed by atoms with Crippen molar-refractivity contribution in [1.82, 2.24) is 20.1 Å². The van der Waals surface area contributed by atoms with Gasteiger partial charge in [-0.05, 0) is 63.6 Å². The molecule has 0 spiro atoms. The molecule has 3 N–H and O–H groups in total. The quantitative estimate of drug-likeness (QED) is 0.568. The Morgan fingerprint density at radius 3 is 2.61 bits per heavy atom.